The van der Waals surface area contributed by atoms with Gasteiger partial charge in [0.05, 0.1) is 16.8 Å². The van der Waals surface area contributed by atoms with Crippen molar-refractivity contribution in [1.29, 1.82) is 0 Å². The van der Waals surface area contributed by atoms with Gasteiger partial charge in [0.15, 0.2) is 0 Å². The lowest BCUT2D eigenvalue weighted by Gasteiger charge is -2.29. The molecule has 0 saturated carbocycles. The molecule has 0 unspecified atom stereocenters. The van der Waals surface area contributed by atoms with Crippen molar-refractivity contribution in [3.8, 4) is 0 Å². The first-order chi connectivity index (χ1) is 15.5. The molecule has 2 atom stereocenters. The van der Waals surface area contributed by atoms with Gasteiger partial charge in [-0.1, -0.05) is 66.7 Å². The molecule has 0 spiro atoms. The molecule has 1 amide bonds. The summed E-state index contributed by atoms with van der Waals surface area (Å²) in [5.41, 5.74) is 5.36. The Bertz CT molecular complexity index is 990. The minimum absolute atomic E-state index is 0. The fourth-order valence-corrected chi connectivity index (χ4v) is 5.11. The summed E-state index contributed by atoms with van der Waals surface area (Å²) in [6.07, 6.45) is 5.33. The Balaban J connectivity index is 0.00000306. The lowest BCUT2D eigenvalue weighted by Crippen LogP contribution is -2.47. The van der Waals surface area contributed by atoms with Gasteiger partial charge in [0.1, 0.15) is 5.71 Å². The average Bonchev–Trinajstić information content (AvgIpc) is 2.96. The summed E-state index contributed by atoms with van der Waals surface area (Å²) < 4.78 is 0. The normalized spacial score (nSPS) is 21.2. The molecule has 2 aromatic rings. The summed E-state index contributed by atoms with van der Waals surface area (Å²) in [5.74, 6) is -0.250. The van der Waals surface area contributed by atoms with Crippen molar-refractivity contribution in [3.05, 3.63) is 63.1 Å². The fraction of sp³-hybridized carbons (Fsp3) is 0.417. The van der Waals surface area contributed by atoms with E-state index in [1.54, 1.807) is 12.1 Å². The van der Waals surface area contributed by atoms with E-state index < -0.39 is 0 Å². The minimum atomic E-state index is -0.180. The fourth-order valence-electron chi connectivity index (χ4n) is 4.49. The standard InChI is InChI=1S/C24H27Cl3N4O.ClH/c1-2-19-22(24(32)29-30-13-5-3-4-6-14-30)28-31(21-12-11-18(26)15-20(21)27)23(19)16-7-9-17(25)10-8-16;/h7-12,15,19,23H,2-6,13-14H2,1H3,(H,29,32);1H/t19-,23+;/m1./s1. The lowest BCUT2D eigenvalue weighted by atomic mass is 9.87. The number of anilines is 1. The second-order valence-corrected chi connectivity index (χ2v) is 9.56. The van der Waals surface area contributed by atoms with Crippen molar-refractivity contribution in [3.63, 3.8) is 0 Å². The number of nitrogens with zero attached hydrogens (tertiary/aromatic N) is 3. The summed E-state index contributed by atoms with van der Waals surface area (Å²) in [5, 5.41) is 10.4. The molecule has 2 aliphatic rings. The highest BCUT2D eigenvalue weighted by atomic mass is 35.5. The molecule has 5 nitrogen and oxygen atoms in total. The van der Waals surface area contributed by atoms with E-state index in [1.165, 1.54) is 12.8 Å². The van der Waals surface area contributed by atoms with Crippen LogP contribution in [0.1, 0.15) is 50.6 Å². The molecule has 9 heteroatoms. The monoisotopic (exact) mass is 528 g/mol. The van der Waals surface area contributed by atoms with E-state index in [9.17, 15) is 4.79 Å². The van der Waals surface area contributed by atoms with Gasteiger partial charge in [-0.05, 0) is 55.2 Å². The molecule has 178 valence electrons. The number of carbonyl (C=O) groups is 1. The van der Waals surface area contributed by atoms with Gasteiger partial charge in [-0.25, -0.2) is 5.01 Å². The Morgan fingerprint density at radius 2 is 1.64 bits per heavy atom. The quantitative estimate of drug-likeness (QED) is 0.457. The van der Waals surface area contributed by atoms with Crippen LogP contribution in [0.3, 0.4) is 0 Å². The van der Waals surface area contributed by atoms with Gasteiger partial charge in [0.25, 0.3) is 5.91 Å². The molecular weight excluding hydrogens is 502 g/mol. The zero-order valence-electron chi connectivity index (χ0n) is 18.4. The van der Waals surface area contributed by atoms with Gasteiger partial charge in [-0.15, -0.1) is 12.4 Å². The maximum Gasteiger partial charge on any atom is 0.282 e. The summed E-state index contributed by atoms with van der Waals surface area (Å²) >= 11 is 18.8. The summed E-state index contributed by atoms with van der Waals surface area (Å²) in [7, 11) is 0. The average molecular weight is 530 g/mol. The number of hydrazone groups is 1. The lowest BCUT2D eigenvalue weighted by molar-refractivity contribution is -0.119. The Hall–Kier alpha value is -1.50. The second kappa shape index (κ2) is 11.8. The second-order valence-electron chi connectivity index (χ2n) is 8.28. The molecule has 0 aliphatic carbocycles. The molecule has 2 aliphatic heterocycles. The Morgan fingerprint density at radius 3 is 2.24 bits per heavy atom. The van der Waals surface area contributed by atoms with Crippen molar-refractivity contribution in [1.82, 2.24) is 10.4 Å². The number of amides is 1. The van der Waals surface area contributed by atoms with Crippen molar-refractivity contribution in [2.45, 2.75) is 45.1 Å². The molecule has 0 radical (unpaired) electrons. The van der Waals surface area contributed by atoms with Crippen LogP contribution in [0.2, 0.25) is 15.1 Å². The van der Waals surface area contributed by atoms with E-state index in [4.69, 9.17) is 39.9 Å². The summed E-state index contributed by atoms with van der Waals surface area (Å²) in [4.78, 5) is 13.4. The number of hydrogen-bond donors (Lipinski definition) is 1. The van der Waals surface area contributed by atoms with Crippen molar-refractivity contribution in [2.24, 2.45) is 11.0 Å². The number of benzene rings is 2. The van der Waals surface area contributed by atoms with E-state index in [0.717, 1.165) is 37.9 Å². The van der Waals surface area contributed by atoms with Crippen LogP contribution in [0.4, 0.5) is 5.69 Å². The smallest absolute Gasteiger partial charge is 0.282 e. The van der Waals surface area contributed by atoms with Crippen LogP contribution in [0.15, 0.2) is 47.6 Å². The van der Waals surface area contributed by atoms with Gasteiger partial charge >= 0.3 is 0 Å². The molecule has 4 rings (SSSR count). The van der Waals surface area contributed by atoms with E-state index in [-0.39, 0.29) is 30.3 Å². The highest BCUT2D eigenvalue weighted by Crippen LogP contribution is 2.43. The van der Waals surface area contributed by atoms with Crippen LogP contribution in [0.5, 0.6) is 0 Å². The zero-order valence-corrected chi connectivity index (χ0v) is 21.5. The highest BCUT2D eigenvalue weighted by Gasteiger charge is 2.42. The van der Waals surface area contributed by atoms with Crippen LogP contribution in [-0.2, 0) is 4.79 Å². The Kier molecular flexibility index (Phi) is 9.31. The van der Waals surface area contributed by atoms with Gasteiger partial charge < -0.3 is 0 Å². The van der Waals surface area contributed by atoms with Crippen molar-refractivity contribution < 1.29 is 4.79 Å². The number of rotatable bonds is 5. The first-order valence-electron chi connectivity index (χ1n) is 11.1. The molecule has 2 aromatic carbocycles. The molecule has 0 bridgehead atoms. The number of carbonyl (C=O) groups excluding carboxylic acids is 1. The van der Waals surface area contributed by atoms with Gasteiger partial charge in [0.2, 0.25) is 0 Å². The molecule has 1 saturated heterocycles. The molecule has 33 heavy (non-hydrogen) atoms. The third-order valence-corrected chi connectivity index (χ3v) is 6.91. The highest BCUT2D eigenvalue weighted by molar-refractivity contribution is 6.41. The van der Waals surface area contributed by atoms with Crippen molar-refractivity contribution >= 4 is 64.5 Å². The summed E-state index contributed by atoms with van der Waals surface area (Å²) in [6.45, 7) is 3.81. The first kappa shape index (κ1) is 26.1. The van der Waals surface area contributed by atoms with Crippen LogP contribution >= 0.6 is 47.2 Å². The van der Waals surface area contributed by atoms with E-state index in [1.807, 2.05) is 40.3 Å². The van der Waals surface area contributed by atoms with Gasteiger partial charge in [-0.3, -0.25) is 15.2 Å². The number of hydrazine groups is 1. The molecular formula is C24H28Cl4N4O. The van der Waals surface area contributed by atoms with Crippen LogP contribution in [0, 0.1) is 5.92 Å². The van der Waals surface area contributed by atoms with E-state index in [0.29, 0.717) is 26.5 Å². The van der Waals surface area contributed by atoms with E-state index >= 15 is 0 Å². The number of nitrogens with one attached hydrogen (secondary N) is 1. The first-order valence-corrected chi connectivity index (χ1v) is 12.3. The third-order valence-electron chi connectivity index (χ3n) is 6.12. The molecule has 1 N–H and O–H groups in total. The van der Waals surface area contributed by atoms with Crippen molar-refractivity contribution in [2.75, 3.05) is 18.1 Å². The van der Waals surface area contributed by atoms with Crippen LogP contribution < -0.4 is 10.4 Å². The Morgan fingerprint density at radius 1 is 1.00 bits per heavy atom. The van der Waals surface area contributed by atoms with Crippen LogP contribution in [0.25, 0.3) is 0 Å². The Labute approximate surface area is 216 Å². The number of hydrogen-bond acceptors (Lipinski definition) is 4. The predicted molar refractivity (Wildman–Crippen MR) is 140 cm³/mol. The minimum Gasteiger partial charge on any atom is -0.284 e. The zero-order chi connectivity index (χ0) is 22.7. The summed E-state index contributed by atoms with van der Waals surface area (Å²) in [6, 6.07) is 12.8. The molecule has 2 heterocycles. The van der Waals surface area contributed by atoms with Crippen LogP contribution in [-0.4, -0.2) is 29.7 Å². The number of halogens is 4. The molecule has 1 fully saturated rings. The van der Waals surface area contributed by atoms with E-state index in [2.05, 4.69) is 12.3 Å². The maximum atomic E-state index is 13.4. The third kappa shape index (κ3) is 5.95. The van der Waals surface area contributed by atoms with Gasteiger partial charge in [-0.2, -0.15) is 5.10 Å². The maximum absolute atomic E-state index is 13.4. The predicted octanol–water partition coefficient (Wildman–Crippen LogP) is 6.92. The van der Waals surface area contributed by atoms with Gasteiger partial charge in [0, 0.05) is 29.1 Å². The SMILES string of the molecule is CC[C@@H]1C(C(=O)NN2CCCCCC2)=NN(c2ccc(Cl)cc2Cl)[C@H]1c1ccc(Cl)cc1.Cl. The largest absolute Gasteiger partial charge is 0.284 e. The molecule has 0 aromatic heterocycles. The topological polar surface area (TPSA) is 47.9 Å².